The Morgan fingerprint density at radius 1 is 1.14 bits per heavy atom. The quantitative estimate of drug-likeness (QED) is 0.601. The number of benzene rings is 2. The van der Waals surface area contributed by atoms with Gasteiger partial charge >= 0.3 is 0 Å². The summed E-state index contributed by atoms with van der Waals surface area (Å²) in [5.41, 5.74) is 2.22. The van der Waals surface area contributed by atoms with Crippen LogP contribution in [0.25, 0.3) is 6.08 Å². The van der Waals surface area contributed by atoms with Crippen molar-refractivity contribution in [2.45, 2.75) is 5.75 Å². The van der Waals surface area contributed by atoms with Crippen LogP contribution >= 0.6 is 23.4 Å². The molecule has 1 N–H and O–H groups in total. The zero-order chi connectivity index (χ0) is 15.6. The molecule has 0 unspecified atom stereocenters. The first-order valence-electron chi connectivity index (χ1n) is 7.07. The second-order valence-corrected chi connectivity index (χ2v) is 6.26. The van der Waals surface area contributed by atoms with E-state index in [0.717, 1.165) is 22.1 Å². The van der Waals surface area contributed by atoms with Crippen LogP contribution in [0.15, 0.2) is 60.7 Å². The fourth-order valence-electron chi connectivity index (χ4n) is 1.86. The molecule has 0 radical (unpaired) electrons. The average molecular weight is 332 g/mol. The summed E-state index contributed by atoms with van der Waals surface area (Å²) >= 11 is 7.71. The summed E-state index contributed by atoms with van der Waals surface area (Å²) in [7, 11) is 0. The van der Waals surface area contributed by atoms with Crippen LogP contribution < -0.4 is 5.32 Å². The van der Waals surface area contributed by atoms with Crippen molar-refractivity contribution in [2.75, 3.05) is 12.3 Å². The van der Waals surface area contributed by atoms with Gasteiger partial charge in [-0.05, 0) is 29.3 Å². The summed E-state index contributed by atoms with van der Waals surface area (Å²) in [6.07, 6.45) is 3.38. The Labute approximate surface area is 140 Å². The van der Waals surface area contributed by atoms with E-state index in [1.807, 2.05) is 54.6 Å². The smallest absolute Gasteiger partial charge is 0.244 e. The van der Waals surface area contributed by atoms with E-state index in [1.54, 1.807) is 17.8 Å². The fourth-order valence-corrected chi connectivity index (χ4v) is 2.88. The van der Waals surface area contributed by atoms with Crippen molar-refractivity contribution in [3.63, 3.8) is 0 Å². The van der Waals surface area contributed by atoms with Crippen LogP contribution in [0, 0.1) is 0 Å². The number of thioether (sulfide) groups is 1. The lowest BCUT2D eigenvalue weighted by Gasteiger charge is -2.03. The van der Waals surface area contributed by atoms with Crippen LogP contribution in [0.5, 0.6) is 0 Å². The van der Waals surface area contributed by atoms with Gasteiger partial charge in [0, 0.05) is 29.1 Å². The molecule has 2 nitrogen and oxygen atoms in total. The third-order valence-corrected chi connectivity index (χ3v) is 4.20. The first-order chi connectivity index (χ1) is 10.7. The lowest BCUT2D eigenvalue weighted by atomic mass is 10.2. The third kappa shape index (κ3) is 6.37. The molecule has 2 rings (SSSR count). The molecular formula is C18H18ClNOS. The van der Waals surface area contributed by atoms with Crippen molar-refractivity contribution in [1.29, 1.82) is 0 Å². The largest absolute Gasteiger partial charge is 0.352 e. The molecule has 0 heterocycles. The third-order valence-electron chi connectivity index (χ3n) is 2.93. The maximum atomic E-state index is 11.7. The molecule has 0 aliphatic heterocycles. The molecule has 0 aromatic heterocycles. The molecule has 2 aromatic rings. The van der Waals surface area contributed by atoms with E-state index in [-0.39, 0.29) is 5.91 Å². The second kappa shape index (κ2) is 9.34. The first-order valence-corrected chi connectivity index (χ1v) is 8.60. The predicted molar refractivity (Wildman–Crippen MR) is 96.1 cm³/mol. The van der Waals surface area contributed by atoms with Gasteiger partial charge in [0.05, 0.1) is 0 Å². The highest BCUT2D eigenvalue weighted by molar-refractivity contribution is 7.98. The highest BCUT2D eigenvalue weighted by Crippen LogP contribution is 2.16. The number of halogens is 1. The van der Waals surface area contributed by atoms with E-state index < -0.39 is 0 Å². The zero-order valence-electron chi connectivity index (χ0n) is 12.2. The molecule has 4 heteroatoms. The summed E-state index contributed by atoms with van der Waals surface area (Å²) in [6, 6.07) is 17.6. The van der Waals surface area contributed by atoms with E-state index in [2.05, 4.69) is 11.4 Å². The Bertz CT molecular complexity index is 628. The van der Waals surface area contributed by atoms with Gasteiger partial charge in [-0.3, -0.25) is 4.79 Å². The Morgan fingerprint density at radius 3 is 2.73 bits per heavy atom. The SMILES string of the molecule is O=C(/C=C/c1ccccc1)NCCSCc1cccc(Cl)c1. The van der Waals surface area contributed by atoms with Gasteiger partial charge in [0.25, 0.3) is 0 Å². The van der Waals surface area contributed by atoms with Crippen LogP contribution in [-0.2, 0) is 10.5 Å². The van der Waals surface area contributed by atoms with Gasteiger partial charge in [0.2, 0.25) is 5.91 Å². The molecule has 0 bridgehead atoms. The van der Waals surface area contributed by atoms with Crippen LogP contribution in [0.3, 0.4) is 0 Å². The van der Waals surface area contributed by atoms with Gasteiger partial charge in [0.1, 0.15) is 0 Å². The maximum absolute atomic E-state index is 11.7. The van der Waals surface area contributed by atoms with Gasteiger partial charge in [-0.2, -0.15) is 11.8 Å². The monoisotopic (exact) mass is 331 g/mol. The molecule has 0 atom stereocenters. The highest BCUT2D eigenvalue weighted by Gasteiger charge is 1.97. The molecule has 0 fully saturated rings. The predicted octanol–water partition coefficient (Wildman–Crippen LogP) is 4.40. The Kier molecular flexibility index (Phi) is 7.07. The Hall–Kier alpha value is -1.71. The summed E-state index contributed by atoms with van der Waals surface area (Å²) in [6.45, 7) is 0.656. The van der Waals surface area contributed by atoms with E-state index in [0.29, 0.717) is 6.54 Å². The van der Waals surface area contributed by atoms with Crippen molar-refractivity contribution >= 4 is 35.3 Å². The molecule has 2 aromatic carbocycles. The van der Waals surface area contributed by atoms with Gasteiger partial charge in [-0.1, -0.05) is 54.1 Å². The molecule has 0 saturated carbocycles. The lowest BCUT2D eigenvalue weighted by molar-refractivity contribution is -0.116. The number of hydrogen-bond donors (Lipinski definition) is 1. The number of nitrogens with one attached hydrogen (secondary N) is 1. The Morgan fingerprint density at radius 2 is 1.95 bits per heavy atom. The summed E-state index contributed by atoms with van der Waals surface area (Å²) in [5, 5.41) is 3.64. The second-order valence-electron chi connectivity index (χ2n) is 4.72. The Balaban J connectivity index is 1.62. The van der Waals surface area contributed by atoms with Gasteiger partial charge in [-0.25, -0.2) is 0 Å². The number of amides is 1. The normalized spacial score (nSPS) is 10.8. The van der Waals surface area contributed by atoms with E-state index >= 15 is 0 Å². The fraction of sp³-hybridized carbons (Fsp3) is 0.167. The summed E-state index contributed by atoms with van der Waals surface area (Å²) in [4.78, 5) is 11.7. The van der Waals surface area contributed by atoms with Gasteiger partial charge in [0.15, 0.2) is 0 Å². The molecule has 0 aliphatic carbocycles. The van der Waals surface area contributed by atoms with Crippen LogP contribution in [0.4, 0.5) is 0 Å². The summed E-state index contributed by atoms with van der Waals surface area (Å²) in [5.74, 6) is 1.71. The minimum Gasteiger partial charge on any atom is -0.352 e. The van der Waals surface area contributed by atoms with Crippen molar-refractivity contribution in [1.82, 2.24) is 5.32 Å². The molecule has 0 aliphatic rings. The van der Waals surface area contributed by atoms with Crippen LogP contribution in [0.2, 0.25) is 5.02 Å². The lowest BCUT2D eigenvalue weighted by Crippen LogP contribution is -2.23. The van der Waals surface area contributed by atoms with E-state index in [4.69, 9.17) is 11.6 Å². The molecule has 1 amide bonds. The van der Waals surface area contributed by atoms with Crippen LogP contribution in [0.1, 0.15) is 11.1 Å². The average Bonchev–Trinajstić information content (AvgIpc) is 2.54. The number of carbonyl (C=O) groups is 1. The van der Waals surface area contributed by atoms with Crippen molar-refractivity contribution in [3.8, 4) is 0 Å². The molecule has 22 heavy (non-hydrogen) atoms. The highest BCUT2D eigenvalue weighted by atomic mass is 35.5. The molecule has 114 valence electrons. The number of hydrogen-bond acceptors (Lipinski definition) is 2. The summed E-state index contributed by atoms with van der Waals surface area (Å²) < 4.78 is 0. The minimum atomic E-state index is -0.0628. The van der Waals surface area contributed by atoms with Crippen molar-refractivity contribution in [2.24, 2.45) is 0 Å². The maximum Gasteiger partial charge on any atom is 0.244 e. The molecule has 0 spiro atoms. The molecule has 0 saturated heterocycles. The standard InChI is InChI=1S/C18H18ClNOS/c19-17-8-4-7-16(13-17)14-22-12-11-20-18(21)10-9-15-5-2-1-3-6-15/h1-10,13H,11-12,14H2,(H,20,21)/b10-9+. The van der Waals surface area contributed by atoms with Gasteiger partial charge in [-0.15, -0.1) is 0 Å². The van der Waals surface area contributed by atoms with E-state index in [9.17, 15) is 4.79 Å². The number of rotatable bonds is 7. The van der Waals surface area contributed by atoms with Crippen molar-refractivity contribution in [3.05, 3.63) is 76.8 Å². The topological polar surface area (TPSA) is 29.1 Å². The van der Waals surface area contributed by atoms with Crippen molar-refractivity contribution < 1.29 is 4.79 Å². The van der Waals surface area contributed by atoms with E-state index in [1.165, 1.54) is 5.56 Å². The van der Waals surface area contributed by atoms with Gasteiger partial charge < -0.3 is 5.32 Å². The number of carbonyl (C=O) groups excluding carboxylic acids is 1. The van der Waals surface area contributed by atoms with Crippen LogP contribution in [-0.4, -0.2) is 18.2 Å². The first kappa shape index (κ1) is 16.7. The minimum absolute atomic E-state index is 0.0628. The molecular weight excluding hydrogens is 314 g/mol. The zero-order valence-corrected chi connectivity index (χ0v) is 13.7.